The smallest absolute Gasteiger partial charge is 0.222 e. The lowest BCUT2D eigenvalue weighted by molar-refractivity contribution is -0.130. The molecule has 0 fully saturated rings. The molecule has 1 atom stereocenters. The van der Waals surface area contributed by atoms with Gasteiger partial charge < -0.3 is 10.6 Å². The van der Waals surface area contributed by atoms with E-state index in [9.17, 15) is 4.79 Å². The van der Waals surface area contributed by atoms with Crippen LogP contribution in [0.15, 0.2) is 30.3 Å². The largest absolute Gasteiger partial charge is 0.346 e. The summed E-state index contributed by atoms with van der Waals surface area (Å²) in [5.74, 6) is 0.857. The highest BCUT2D eigenvalue weighted by Crippen LogP contribution is 2.15. The highest BCUT2D eigenvalue weighted by atomic mass is 16.2. The zero-order valence-corrected chi connectivity index (χ0v) is 13.6. The molecule has 3 nitrogen and oxygen atoms in total. The molecule has 0 aromatic heterocycles. The summed E-state index contributed by atoms with van der Waals surface area (Å²) < 4.78 is 0. The van der Waals surface area contributed by atoms with E-state index < -0.39 is 0 Å². The summed E-state index contributed by atoms with van der Waals surface area (Å²) in [6, 6.07) is 10.4. The fraction of sp³-hybridized carbons (Fsp3) is 0.611. The Morgan fingerprint density at radius 2 is 1.95 bits per heavy atom. The van der Waals surface area contributed by atoms with Gasteiger partial charge in [-0.1, -0.05) is 43.7 Å². The van der Waals surface area contributed by atoms with Crippen molar-refractivity contribution in [2.24, 2.45) is 11.7 Å². The van der Waals surface area contributed by atoms with E-state index in [4.69, 9.17) is 5.73 Å². The molecular formula is C18H30N2O. The number of hydrogen-bond acceptors (Lipinski definition) is 2. The lowest BCUT2D eigenvalue weighted by Crippen LogP contribution is -2.28. The molecule has 0 spiro atoms. The standard InChI is InChI=1S/C18H30N2O/c1-3-16(13-14-19)11-12-18(21)20(2)15-7-10-17-8-5-4-6-9-17/h4-6,8-9,16H,3,7,10-15,19H2,1-2H3. The molecule has 1 amide bonds. The fourth-order valence-corrected chi connectivity index (χ4v) is 2.60. The zero-order valence-electron chi connectivity index (χ0n) is 13.6. The first kappa shape index (κ1) is 17.7. The van der Waals surface area contributed by atoms with Gasteiger partial charge in [0.1, 0.15) is 0 Å². The van der Waals surface area contributed by atoms with Gasteiger partial charge in [-0.2, -0.15) is 0 Å². The molecule has 0 aliphatic rings. The number of benzene rings is 1. The summed E-state index contributed by atoms with van der Waals surface area (Å²) in [6.07, 6.45) is 5.81. The summed E-state index contributed by atoms with van der Waals surface area (Å²) in [6.45, 7) is 3.73. The van der Waals surface area contributed by atoms with Crippen LogP contribution in [0.3, 0.4) is 0 Å². The van der Waals surface area contributed by atoms with Crippen molar-refractivity contribution >= 4 is 5.91 Å². The van der Waals surface area contributed by atoms with Crippen LogP contribution < -0.4 is 5.73 Å². The maximum Gasteiger partial charge on any atom is 0.222 e. The van der Waals surface area contributed by atoms with Gasteiger partial charge in [0.15, 0.2) is 0 Å². The Morgan fingerprint density at radius 3 is 2.57 bits per heavy atom. The van der Waals surface area contributed by atoms with Crippen LogP contribution in [0.4, 0.5) is 0 Å². The molecule has 0 heterocycles. The van der Waals surface area contributed by atoms with Crippen molar-refractivity contribution in [1.29, 1.82) is 0 Å². The molecule has 118 valence electrons. The molecule has 0 radical (unpaired) electrons. The van der Waals surface area contributed by atoms with Gasteiger partial charge in [0.05, 0.1) is 0 Å². The maximum absolute atomic E-state index is 12.1. The molecule has 1 unspecified atom stereocenters. The Kier molecular flexibility index (Phi) is 8.76. The second kappa shape index (κ2) is 10.4. The molecule has 0 saturated carbocycles. The van der Waals surface area contributed by atoms with Crippen molar-refractivity contribution in [2.45, 2.75) is 45.4 Å². The lowest BCUT2D eigenvalue weighted by Gasteiger charge is -2.19. The molecule has 0 bridgehead atoms. The summed E-state index contributed by atoms with van der Waals surface area (Å²) in [5.41, 5.74) is 6.94. The van der Waals surface area contributed by atoms with Crippen molar-refractivity contribution in [3.8, 4) is 0 Å². The zero-order chi connectivity index (χ0) is 15.5. The van der Waals surface area contributed by atoms with E-state index in [1.165, 1.54) is 5.56 Å². The van der Waals surface area contributed by atoms with Crippen LogP contribution in [0.25, 0.3) is 0 Å². The van der Waals surface area contributed by atoms with Crippen molar-refractivity contribution < 1.29 is 4.79 Å². The maximum atomic E-state index is 12.1. The van der Waals surface area contributed by atoms with E-state index in [1.807, 2.05) is 18.0 Å². The average molecular weight is 290 g/mol. The van der Waals surface area contributed by atoms with Gasteiger partial charge >= 0.3 is 0 Å². The van der Waals surface area contributed by atoms with Gasteiger partial charge in [0.25, 0.3) is 0 Å². The summed E-state index contributed by atoms with van der Waals surface area (Å²) in [5, 5.41) is 0. The summed E-state index contributed by atoms with van der Waals surface area (Å²) >= 11 is 0. The minimum atomic E-state index is 0.263. The predicted octanol–water partition coefficient (Wildman–Crippen LogP) is 3.23. The molecule has 21 heavy (non-hydrogen) atoms. The van der Waals surface area contributed by atoms with Crippen molar-refractivity contribution in [3.63, 3.8) is 0 Å². The molecular weight excluding hydrogens is 260 g/mol. The quantitative estimate of drug-likeness (QED) is 0.719. The number of aryl methyl sites for hydroxylation is 1. The predicted molar refractivity (Wildman–Crippen MR) is 89.1 cm³/mol. The minimum Gasteiger partial charge on any atom is -0.346 e. The fourth-order valence-electron chi connectivity index (χ4n) is 2.60. The number of nitrogens with zero attached hydrogens (tertiary/aromatic N) is 1. The molecule has 0 saturated heterocycles. The number of carbonyl (C=O) groups excluding carboxylic acids is 1. The Bertz CT molecular complexity index is 391. The Morgan fingerprint density at radius 1 is 1.24 bits per heavy atom. The van der Waals surface area contributed by atoms with Crippen LogP contribution in [0.2, 0.25) is 0 Å². The van der Waals surface area contributed by atoms with Crippen LogP contribution >= 0.6 is 0 Å². The number of hydrogen-bond donors (Lipinski definition) is 1. The van der Waals surface area contributed by atoms with E-state index in [-0.39, 0.29) is 5.91 Å². The highest BCUT2D eigenvalue weighted by molar-refractivity contribution is 5.75. The van der Waals surface area contributed by atoms with Gasteiger partial charge in [0.2, 0.25) is 5.91 Å². The van der Waals surface area contributed by atoms with E-state index in [0.717, 1.165) is 45.2 Å². The van der Waals surface area contributed by atoms with Crippen LogP contribution in [0.5, 0.6) is 0 Å². The first-order valence-electron chi connectivity index (χ1n) is 8.15. The third-order valence-electron chi connectivity index (χ3n) is 4.15. The van der Waals surface area contributed by atoms with E-state index >= 15 is 0 Å². The molecule has 3 heteroatoms. The van der Waals surface area contributed by atoms with E-state index in [2.05, 4.69) is 31.2 Å². The third-order valence-corrected chi connectivity index (χ3v) is 4.15. The molecule has 1 aromatic carbocycles. The Labute approximate surface area is 129 Å². The van der Waals surface area contributed by atoms with E-state index in [0.29, 0.717) is 12.3 Å². The topological polar surface area (TPSA) is 46.3 Å². The molecule has 1 aromatic rings. The normalized spacial score (nSPS) is 12.1. The second-order valence-electron chi connectivity index (χ2n) is 5.79. The first-order valence-corrected chi connectivity index (χ1v) is 8.15. The number of amides is 1. The van der Waals surface area contributed by atoms with Crippen molar-refractivity contribution in [2.75, 3.05) is 20.1 Å². The number of nitrogens with two attached hydrogens (primary N) is 1. The molecule has 0 aliphatic carbocycles. The molecule has 2 N–H and O–H groups in total. The first-order chi connectivity index (χ1) is 10.2. The average Bonchev–Trinajstić information content (AvgIpc) is 2.52. The van der Waals surface area contributed by atoms with Crippen LogP contribution in [-0.4, -0.2) is 30.9 Å². The van der Waals surface area contributed by atoms with Gasteiger partial charge in [-0.3, -0.25) is 4.79 Å². The minimum absolute atomic E-state index is 0.263. The summed E-state index contributed by atoms with van der Waals surface area (Å²) in [4.78, 5) is 14.0. The van der Waals surface area contributed by atoms with Gasteiger partial charge in [-0.15, -0.1) is 0 Å². The third kappa shape index (κ3) is 7.28. The Hall–Kier alpha value is -1.35. The van der Waals surface area contributed by atoms with E-state index in [1.54, 1.807) is 0 Å². The Balaban J connectivity index is 2.21. The monoisotopic (exact) mass is 290 g/mol. The molecule has 0 aliphatic heterocycles. The van der Waals surface area contributed by atoms with Gasteiger partial charge in [0, 0.05) is 20.0 Å². The van der Waals surface area contributed by atoms with Crippen molar-refractivity contribution in [1.82, 2.24) is 4.90 Å². The lowest BCUT2D eigenvalue weighted by atomic mass is 9.96. The van der Waals surface area contributed by atoms with Crippen LogP contribution in [-0.2, 0) is 11.2 Å². The van der Waals surface area contributed by atoms with Gasteiger partial charge in [-0.25, -0.2) is 0 Å². The number of rotatable bonds is 10. The summed E-state index contributed by atoms with van der Waals surface area (Å²) in [7, 11) is 1.91. The highest BCUT2D eigenvalue weighted by Gasteiger charge is 2.12. The second-order valence-corrected chi connectivity index (χ2v) is 5.79. The number of carbonyl (C=O) groups is 1. The SMILES string of the molecule is CCC(CCN)CCC(=O)N(C)CCCc1ccccc1. The van der Waals surface area contributed by atoms with Gasteiger partial charge in [-0.05, 0) is 43.7 Å². The van der Waals surface area contributed by atoms with Crippen LogP contribution in [0, 0.1) is 5.92 Å². The van der Waals surface area contributed by atoms with Crippen LogP contribution in [0.1, 0.15) is 44.6 Å². The molecule has 1 rings (SSSR count). The van der Waals surface area contributed by atoms with Crippen molar-refractivity contribution in [3.05, 3.63) is 35.9 Å².